The smallest absolute Gasteiger partial charge is 0.335 e. The summed E-state index contributed by atoms with van der Waals surface area (Å²) in [5, 5.41) is 9.44. The quantitative estimate of drug-likeness (QED) is 0.829. The van der Waals surface area contributed by atoms with Crippen molar-refractivity contribution in [3.8, 4) is 11.6 Å². The lowest BCUT2D eigenvalue weighted by molar-refractivity contribution is 0.386. The van der Waals surface area contributed by atoms with Crippen LogP contribution in [-0.2, 0) is 0 Å². The maximum atomic E-state index is 13.2. The van der Waals surface area contributed by atoms with Gasteiger partial charge in [0.25, 0.3) is 5.56 Å². The molecule has 1 aromatic heterocycles. The normalized spacial score (nSPS) is 10.5. The second-order valence-electron chi connectivity index (χ2n) is 3.21. The van der Waals surface area contributed by atoms with E-state index in [9.17, 15) is 19.1 Å². The van der Waals surface area contributed by atoms with E-state index in [-0.39, 0.29) is 5.69 Å². The van der Waals surface area contributed by atoms with Crippen molar-refractivity contribution < 1.29 is 9.50 Å². The highest BCUT2D eigenvalue weighted by Gasteiger charge is 2.14. The van der Waals surface area contributed by atoms with E-state index >= 15 is 0 Å². The van der Waals surface area contributed by atoms with Gasteiger partial charge in [0.2, 0.25) is 11.7 Å². The van der Waals surface area contributed by atoms with Gasteiger partial charge in [0.15, 0.2) is 0 Å². The first-order chi connectivity index (χ1) is 8.00. The number of nitrogens with one attached hydrogen (secondary N) is 1. The van der Waals surface area contributed by atoms with Crippen LogP contribution in [0.4, 0.5) is 4.39 Å². The van der Waals surface area contributed by atoms with Crippen molar-refractivity contribution in [1.82, 2.24) is 9.55 Å². The van der Waals surface area contributed by atoms with Crippen LogP contribution in [0.15, 0.2) is 38.3 Å². The first-order valence-corrected chi connectivity index (χ1v) is 5.30. The lowest BCUT2D eigenvalue weighted by Gasteiger charge is -2.07. The highest BCUT2D eigenvalue weighted by atomic mass is 79.9. The number of benzene rings is 1. The molecular weight excluding hydrogens is 295 g/mol. The zero-order valence-corrected chi connectivity index (χ0v) is 9.86. The Morgan fingerprint density at radius 1 is 1.24 bits per heavy atom. The monoisotopic (exact) mass is 300 g/mol. The molecule has 0 saturated carbocycles. The molecule has 7 heteroatoms. The molecule has 0 spiro atoms. The van der Waals surface area contributed by atoms with Crippen LogP contribution in [0.25, 0.3) is 5.69 Å². The number of aromatic amines is 1. The highest BCUT2D eigenvalue weighted by Crippen LogP contribution is 2.17. The second kappa shape index (κ2) is 4.17. The molecule has 0 aliphatic carbocycles. The molecule has 1 aromatic carbocycles. The van der Waals surface area contributed by atoms with E-state index in [1.165, 1.54) is 12.1 Å². The van der Waals surface area contributed by atoms with Crippen LogP contribution in [0.5, 0.6) is 5.88 Å². The first-order valence-electron chi connectivity index (χ1n) is 4.50. The molecule has 2 N–H and O–H groups in total. The zero-order valence-electron chi connectivity index (χ0n) is 8.28. The first kappa shape index (κ1) is 11.6. The number of aromatic hydroxyl groups is 1. The van der Waals surface area contributed by atoms with E-state index in [1.54, 1.807) is 17.1 Å². The summed E-state index contributed by atoms with van der Waals surface area (Å²) in [5.74, 6) is -2.41. The molecule has 2 aromatic rings. The molecule has 0 unspecified atom stereocenters. The maximum Gasteiger partial charge on any atom is 0.335 e. The third-order valence-corrected chi connectivity index (χ3v) is 2.64. The second-order valence-corrected chi connectivity index (χ2v) is 4.12. The van der Waals surface area contributed by atoms with Crippen LogP contribution in [0, 0.1) is 5.82 Å². The fourth-order valence-corrected chi connectivity index (χ4v) is 1.60. The summed E-state index contributed by atoms with van der Waals surface area (Å²) in [6.45, 7) is 0. The van der Waals surface area contributed by atoms with Gasteiger partial charge in [-0.25, -0.2) is 9.36 Å². The van der Waals surface area contributed by atoms with Gasteiger partial charge in [-0.3, -0.25) is 9.78 Å². The third-order valence-electron chi connectivity index (χ3n) is 2.12. The average Bonchev–Trinajstić information content (AvgIpc) is 2.29. The summed E-state index contributed by atoms with van der Waals surface area (Å²) in [5.41, 5.74) is -1.91. The summed E-state index contributed by atoms with van der Waals surface area (Å²) in [4.78, 5) is 24.1. The minimum Gasteiger partial charge on any atom is -0.492 e. The van der Waals surface area contributed by atoms with Gasteiger partial charge < -0.3 is 5.11 Å². The molecule has 88 valence electrons. The zero-order chi connectivity index (χ0) is 12.6. The summed E-state index contributed by atoms with van der Waals surface area (Å²) in [7, 11) is 0. The number of nitrogens with zero attached hydrogens (tertiary/aromatic N) is 1. The predicted octanol–water partition coefficient (Wildman–Crippen LogP) is 1.13. The highest BCUT2D eigenvalue weighted by molar-refractivity contribution is 9.10. The van der Waals surface area contributed by atoms with Crippen LogP contribution >= 0.6 is 15.9 Å². The number of hydrogen-bond donors (Lipinski definition) is 2. The van der Waals surface area contributed by atoms with Crippen LogP contribution < -0.4 is 11.2 Å². The fourth-order valence-electron chi connectivity index (χ4n) is 1.33. The van der Waals surface area contributed by atoms with E-state index in [0.29, 0.717) is 4.57 Å². The topological polar surface area (TPSA) is 75.1 Å². The Labute approximate surface area is 102 Å². The average molecular weight is 301 g/mol. The van der Waals surface area contributed by atoms with E-state index in [2.05, 4.69) is 15.9 Å². The number of rotatable bonds is 1. The Morgan fingerprint density at radius 2 is 1.82 bits per heavy atom. The summed E-state index contributed by atoms with van der Waals surface area (Å²) >= 11 is 3.20. The molecular formula is C10H6BrFN2O3. The molecule has 0 aliphatic rings. The third kappa shape index (κ3) is 2.01. The van der Waals surface area contributed by atoms with Gasteiger partial charge in [0.05, 0.1) is 5.69 Å². The van der Waals surface area contributed by atoms with Gasteiger partial charge >= 0.3 is 5.69 Å². The Morgan fingerprint density at radius 3 is 2.41 bits per heavy atom. The lowest BCUT2D eigenvalue weighted by Crippen LogP contribution is -2.30. The SMILES string of the molecule is O=c1[nH]c(=O)n(-c2ccc(Br)cc2)c(O)c1F. The molecule has 2 rings (SSSR count). The number of H-pyrrole nitrogens is 1. The Hall–Kier alpha value is -1.89. The molecule has 0 saturated heterocycles. The molecule has 0 atom stereocenters. The molecule has 0 amide bonds. The van der Waals surface area contributed by atoms with Crippen molar-refractivity contribution in [2.45, 2.75) is 0 Å². The van der Waals surface area contributed by atoms with Crippen molar-refractivity contribution in [1.29, 1.82) is 0 Å². The molecule has 0 aliphatic heterocycles. The van der Waals surface area contributed by atoms with Crippen molar-refractivity contribution in [3.05, 3.63) is 55.4 Å². The van der Waals surface area contributed by atoms with Crippen LogP contribution in [0.1, 0.15) is 0 Å². The standard InChI is InChI=1S/C10H6BrFN2O3/c11-5-1-3-6(4-2-5)14-9(16)7(12)8(15)13-10(14)17/h1-4,16H,(H,13,15,17). The van der Waals surface area contributed by atoms with Gasteiger partial charge in [-0.05, 0) is 24.3 Å². The summed E-state index contributed by atoms with van der Waals surface area (Å²) in [6, 6.07) is 6.21. The maximum absolute atomic E-state index is 13.2. The van der Waals surface area contributed by atoms with Gasteiger partial charge in [-0.1, -0.05) is 15.9 Å². The number of hydrogen-bond acceptors (Lipinski definition) is 3. The van der Waals surface area contributed by atoms with Crippen molar-refractivity contribution in [2.75, 3.05) is 0 Å². The van der Waals surface area contributed by atoms with Crippen LogP contribution in [-0.4, -0.2) is 14.7 Å². The molecule has 0 fully saturated rings. The fraction of sp³-hybridized carbons (Fsp3) is 0. The van der Waals surface area contributed by atoms with E-state index in [4.69, 9.17) is 0 Å². The molecule has 0 bridgehead atoms. The number of halogens is 2. The minimum absolute atomic E-state index is 0.242. The molecule has 5 nitrogen and oxygen atoms in total. The van der Waals surface area contributed by atoms with Crippen molar-refractivity contribution in [3.63, 3.8) is 0 Å². The Kier molecular flexibility index (Phi) is 2.84. The Bertz CT molecular complexity index is 675. The van der Waals surface area contributed by atoms with E-state index < -0.39 is 22.9 Å². The minimum atomic E-state index is -1.40. The summed E-state index contributed by atoms with van der Waals surface area (Å²) in [6.07, 6.45) is 0. The van der Waals surface area contributed by atoms with Crippen LogP contribution in [0.2, 0.25) is 0 Å². The Balaban J connectivity index is 2.76. The van der Waals surface area contributed by atoms with Gasteiger partial charge in [0, 0.05) is 4.47 Å². The van der Waals surface area contributed by atoms with Crippen molar-refractivity contribution in [2.24, 2.45) is 0 Å². The van der Waals surface area contributed by atoms with Crippen LogP contribution in [0.3, 0.4) is 0 Å². The lowest BCUT2D eigenvalue weighted by atomic mass is 10.3. The molecule has 17 heavy (non-hydrogen) atoms. The van der Waals surface area contributed by atoms with Gasteiger partial charge in [-0.2, -0.15) is 4.39 Å². The van der Waals surface area contributed by atoms with E-state index in [0.717, 1.165) is 4.47 Å². The molecule has 0 radical (unpaired) electrons. The molecule has 1 heterocycles. The largest absolute Gasteiger partial charge is 0.492 e. The van der Waals surface area contributed by atoms with Gasteiger partial charge in [0.1, 0.15) is 0 Å². The van der Waals surface area contributed by atoms with Crippen molar-refractivity contribution >= 4 is 15.9 Å². The van der Waals surface area contributed by atoms with E-state index in [1.807, 2.05) is 0 Å². The van der Waals surface area contributed by atoms with Gasteiger partial charge in [-0.15, -0.1) is 0 Å². The summed E-state index contributed by atoms with van der Waals surface area (Å²) < 4.78 is 14.6. The number of aromatic nitrogens is 2. The predicted molar refractivity (Wildman–Crippen MR) is 62.0 cm³/mol.